The van der Waals surface area contributed by atoms with Crippen LogP contribution in [0.25, 0.3) is 0 Å². The Morgan fingerprint density at radius 1 is 1.12 bits per heavy atom. The molecule has 1 saturated heterocycles. The highest BCUT2D eigenvalue weighted by molar-refractivity contribution is 7.11. The van der Waals surface area contributed by atoms with Gasteiger partial charge in [-0.2, -0.15) is 0 Å². The molecule has 0 aromatic carbocycles. The number of piperazine rings is 1. The number of likely N-dealkylation sites (N-methyl/N-ethyl adjacent to an activating group) is 1. The Bertz CT molecular complexity index is 329. The maximum absolute atomic E-state index is 3.20. The Morgan fingerprint density at radius 2 is 1.76 bits per heavy atom. The molecule has 0 aliphatic carbocycles. The van der Waals surface area contributed by atoms with Crippen molar-refractivity contribution in [3.05, 3.63) is 21.9 Å². The van der Waals surface area contributed by atoms with Gasteiger partial charge in [-0.25, -0.2) is 0 Å². The van der Waals surface area contributed by atoms with Crippen molar-refractivity contribution in [2.45, 2.75) is 20.0 Å². The second kappa shape index (κ2) is 6.50. The molecule has 0 saturated carbocycles. The summed E-state index contributed by atoms with van der Waals surface area (Å²) in [4.78, 5) is 8.04. The molecule has 0 spiro atoms. The molecule has 17 heavy (non-hydrogen) atoms. The second-order valence-corrected chi connectivity index (χ2v) is 5.86. The first-order chi connectivity index (χ1) is 8.31. The molecular weight excluding hydrogens is 230 g/mol. The van der Waals surface area contributed by atoms with E-state index in [1.165, 1.54) is 42.5 Å². The van der Waals surface area contributed by atoms with Gasteiger partial charge in [0, 0.05) is 49.0 Å². The first-order valence-corrected chi connectivity index (χ1v) is 7.30. The minimum absolute atomic E-state index is 0.994. The van der Waals surface area contributed by atoms with Gasteiger partial charge in [0.25, 0.3) is 0 Å². The molecule has 2 rings (SSSR count). The number of rotatable bonds is 5. The second-order valence-electron chi connectivity index (χ2n) is 4.61. The summed E-state index contributed by atoms with van der Waals surface area (Å²) in [5, 5.41) is 3.20. The van der Waals surface area contributed by atoms with E-state index in [9.17, 15) is 0 Å². The van der Waals surface area contributed by atoms with Crippen LogP contribution in [0.1, 0.15) is 16.7 Å². The zero-order valence-electron chi connectivity index (χ0n) is 10.9. The molecule has 4 heteroatoms. The summed E-state index contributed by atoms with van der Waals surface area (Å²) in [6.45, 7) is 10.5. The van der Waals surface area contributed by atoms with E-state index in [-0.39, 0.29) is 0 Å². The van der Waals surface area contributed by atoms with Crippen LogP contribution >= 0.6 is 11.3 Å². The molecule has 3 nitrogen and oxygen atoms in total. The van der Waals surface area contributed by atoms with Crippen molar-refractivity contribution in [1.29, 1.82) is 0 Å². The summed E-state index contributed by atoms with van der Waals surface area (Å²) in [5.74, 6) is 0. The van der Waals surface area contributed by atoms with Crippen LogP contribution in [0.5, 0.6) is 0 Å². The van der Waals surface area contributed by atoms with E-state index in [0.29, 0.717) is 0 Å². The Labute approximate surface area is 108 Å². The monoisotopic (exact) mass is 253 g/mol. The van der Waals surface area contributed by atoms with Crippen molar-refractivity contribution >= 4 is 11.3 Å². The van der Waals surface area contributed by atoms with Crippen LogP contribution in [-0.2, 0) is 13.1 Å². The molecule has 2 heterocycles. The van der Waals surface area contributed by atoms with Crippen LogP contribution < -0.4 is 5.32 Å². The van der Waals surface area contributed by atoms with Crippen molar-refractivity contribution in [3.63, 3.8) is 0 Å². The fourth-order valence-electron chi connectivity index (χ4n) is 2.26. The van der Waals surface area contributed by atoms with Gasteiger partial charge in [0.15, 0.2) is 0 Å². The van der Waals surface area contributed by atoms with Crippen LogP contribution in [0.3, 0.4) is 0 Å². The maximum atomic E-state index is 3.20. The quantitative estimate of drug-likeness (QED) is 0.860. The summed E-state index contributed by atoms with van der Waals surface area (Å²) in [7, 11) is 2.00. The van der Waals surface area contributed by atoms with Crippen molar-refractivity contribution in [3.8, 4) is 0 Å². The molecule has 1 aromatic rings. The molecule has 0 radical (unpaired) electrons. The Kier molecular flexibility index (Phi) is 4.98. The van der Waals surface area contributed by atoms with Crippen LogP contribution in [0.15, 0.2) is 12.1 Å². The third-order valence-electron chi connectivity index (χ3n) is 3.36. The lowest BCUT2D eigenvalue weighted by atomic mass is 10.3. The maximum Gasteiger partial charge on any atom is 0.0329 e. The number of nitrogens with zero attached hydrogens (tertiary/aromatic N) is 2. The highest BCUT2D eigenvalue weighted by Gasteiger charge is 2.15. The SMILES string of the molecule is CCN1CCN(Cc2ccc(CNC)s2)CC1. The van der Waals surface area contributed by atoms with Gasteiger partial charge in [0.1, 0.15) is 0 Å². The predicted molar refractivity (Wildman–Crippen MR) is 74.5 cm³/mol. The lowest BCUT2D eigenvalue weighted by molar-refractivity contribution is 0.133. The highest BCUT2D eigenvalue weighted by Crippen LogP contribution is 2.18. The number of nitrogens with one attached hydrogen (secondary N) is 1. The van der Waals surface area contributed by atoms with Gasteiger partial charge < -0.3 is 10.2 Å². The lowest BCUT2D eigenvalue weighted by Gasteiger charge is -2.33. The van der Waals surface area contributed by atoms with Gasteiger partial charge in [0.2, 0.25) is 0 Å². The average Bonchev–Trinajstić information content (AvgIpc) is 2.78. The third-order valence-corrected chi connectivity index (χ3v) is 4.43. The van der Waals surface area contributed by atoms with Crippen molar-refractivity contribution in [2.75, 3.05) is 39.8 Å². The minimum atomic E-state index is 0.994. The molecule has 1 aliphatic rings. The summed E-state index contributed by atoms with van der Waals surface area (Å²) in [5.41, 5.74) is 0. The molecule has 0 bridgehead atoms. The molecule has 1 aromatic heterocycles. The zero-order chi connectivity index (χ0) is 12.1. The van der Waals surface area contributed by atoms with E-state index < -0.39 is 0 Å². The van der Waals surface area contributed by atoms with Gasteiger partial charge in [-0.3, -0.25) is 4.90 Å². The van der Waals surface area contributed by atoms with Crippen LogP contribution in [0.2, 0.25) is 0 Å². The molecule has 1 N–H and O–H groups in total. The third kappa shape index (κ3) is 3.78. The van der Waals surface area contributed by atoms with Crippen molar-refractivity contribution in [2.24, 2.45) is 0 Å². The fraction of sp³-hybridized carbons (Fsp3) is 0.692. The Morgan fingerprint density at radius 3 is 2.41 bits per heavy atom. The standard InChI is InChI=1S/C13H23N3S/c1-3-15-6-8-16(9-7-15)11-13-5-4-12(17-13)10-14-2/h4-5,14H,3,6-11H2,1-2H3. The normalized spacial score (nSPS) is 18.7. The summed E-state index contributed by atoms with van der Waals surface area (Å²) in [6, 6.07) is 4.53. The van der Waals surface area contributed by atoms with Gasteiger partial charge >= 0.3 is 0 Å². The van der Waals surface area contributed by atoms with E-state index in [4.69, 9.17) is 0 Å². The molecule has 1 fully saturated rings. The van der Waals surface area contributed by atoms with Crippen LogP contribution in [0.4, 0.5) is 0 Å². The van der Waals surface area contributed by atoms with Crippen LogP contribution in [-0.4, -0.2) is 49.6 Å². The minimum Gasteiger partial charge on any atom is -0.315 e. The van der Waals surface area contributed by atoms with Gasteiger partial charge in [-0.1, -0.05) is 6.92 Å². The summed E-state index contributed by atoms with van der Waals surface area (Å²) in [6.07, 6.45) is 0. The van der Waals surface area contributed by atoms with E-state index in [0.717, 1.165) is 13.1 Å². The molecule has 0 atom stereocenters. The first kappa shape index (κ1) is 13.0. The molecule has 1 aliphatic heterocycles. The Hall–Kier alpha value is -0.420. The molecule has 0 unspecified atom stereocenters. The topological polar surface area (TPSA) is 18.5 Å². The van der Waals surface area contributed by atoms with Crippen LogP contribution in [0, 0.1) is 0 Å². The molecular formula is C13H23N3S. The number of hydrogen-bond donors (Lipinski definition) is 1. The van der Waals surface area contributed by atoms with Gasteiger partial charge in [-0.05, 0) is 25.7 Å². The van der Waals surface area contributed by atoms with Gasteiger partial charge in [0.05, 0.1) is 0 Å². The summed E-state index contributed by atoms with van der Waals surface area (Å²) >= 11 is 1.94. The Balaban J connectivity index is 1.80. The van der Waals surface area contributed by atoms with Crippen molar-refractivity contribution < 1.29 is 0 Å². The number of hydrogen-bond acceptors (Lipinski definition) is 4. The lowest BCUT2D eigenvalue weighted by Crippen LogP contribution is -2.45. The smallest absolute Gasteiger partial charge is 0.0329 e. The average molecular weight is 253 g/mol. The fourth-order valence-corrected chi connectivity index (χ4v) is 3.33. The number of thiophene rings is 1. The van der Waals surface area contributed by atoms with E-state index in [1.54, 1.807) is 0 Å². The van der Waals surface area contributed by atoms with E-state index >= 15 is 0 Å². The first-order valence-electron chi connectivity index (χ1n) is 6.48. The molecule has 96 valence electrons. The molecule has 0 amide bonds. The van der Waals surface area contributed by atoms with E-state index in [1.807, 2.05) is 18.4 Å². The van der Waals surface area contributed by atoms with Gasteiger partial charge in [-0.15, -0.1) is 11.3 Å². The van der Waals surface area contributed by atoms with E-state index in [2.05, 4.69) is 34.2 Å². The predicted octanol–water partition coefficient (Wildman–Crippen LogP) is 1.60. The summed E-state index contributed by atoms with van der Waals surface area (Å²) < 4.78 is 0. The van der Waals surface area contributed by atoms with Crippen molar-refractivity contribution in [1.82, 2.24) is 15.1 Å². The highest BCUT2D eigenvalue weighted by atomic mass is 32.1. The zero-order valence-corrected chi connectivity index (χ0v) is 11.7. The largest absolute Gasteiger partial charge is 0.315 e.